The molecule has 1 amide bonds. The number of Topliss-reactive ketones (excluding diaryl/α,β-unsaturated/α-hetero) is 1. The predicted octanol–water partition coefficient (Wildman–Crippen LogP) is 5.16. The van der Waals surface area contributed by atoms with Crippen molar-refractivity contribution < 1.29 is 38.1 Å². The molecular weight excluding hydrogens is 490 g/mol. The molecule has 0 radical (unpaired) electrons. The fourth-order valence-electron chi connectivity index (χ4n) is 4.52. The van der Waals surface area contributed by atoms with Gasteiger partial charge in [-0.15, -0.1) is 0 Å². The Morgan fingerprint density at radius 2 is 1.66 bits per heavy atom. The molecule has 0 saturated heterocycles. The van der Waals surface area contributed by atoms with E-state index < -0.39 is 29.5 Å². The van der Waals surface area contributed by atoms with Crippen molar-refractivity contribution in [2.45, 2.75) is 13.0 Å². The summed E-state index contributed by atoms with van der Waals surface area (Å²) in [6.07, 6.45) is 0. The Balaban J connectivity index is 1.65. The summed E-state index contributed by atoms with van der Waals surface area (Å²) >= 11 is 0. The van der Waals surface area contributed by atoms with E-state index in [2.05, 4.69) is 0 Å². The van der Waals surface area contributed by atoms with E-state index in [0.29, 0.717) is 33.7 Å². The van der Waals surface area contributed by atoms with Crippen molar-refractivity contribution in [3.63, 3.8) is 0 Å². The van der Waals surface area contributed by atoms with E-state index >= 15 is 0 Å². The van der Waals surface area contributed by atoms with Crippen LogP contribution in [-0.4, -0.2) is 37.0 Å². The Labute approximate surface area is 217 Å². The number of esters is 1. The number of hydrogen-bond donors (Lipinski definition) is 1. The van der Waals surface area contributed by atoms with Crippen LogP contribution >= 0.6 is 0 Å². The number of ether oxygens (including phenoxy) is 3. The molecule has 0 aliphatic carbocycles. The fraction of sp³-hybridized carbons (Fsp3) is 0.138. The maximum absolute atomic E-state index is 13.9. The van der Waals surface area contributed by atoms with Crippen LogP contribution in [0.1, 0.15) is 29.1 Å². The number of benzene rings is 3. The van der Waals surface area contributed by atoms with Crippen LogP contribution in [0.25, 0.3) is 11.0 Å². The molecule has 192 valence electrons. The Morgan fingerprint density at radius 1 is 0.921 bits per heavy atom. The number of nitrogens with zero attached hydrogens (tertiary/aromatic N) is 1. The van der Waals surface area contributed by atoms with Gasteiger partial charge in [0.05, 0.1) is 25.8 Å². The molecule has 1 atom stereocenters. The predicted molar refractivity (Wildman–Crippen MR) is 138 cm³/mol. The number of ketones is 1. The van der Waals surface area contributed by atoms with E-state index in [-0.39, 0.29) is 17.1 Å². The second-order valence-corrected chi connectivity index (χ2v) is 8.52. The van der Waals surface area contributed by atoms with Crippen molar-refractivity contribution in [3.8, 4) is 17.2 Å². The highest BCUT2D eigenvalue weighted by Gasteiger charge is 2.45. The standard InChI is InChI=1S/C29H23NO8/c1-16(31)37-21-8-4-6-17(14-21)25-24(26(32)23-15-18-7-5-9-22(36-3)28(18)38-23)27(33)29(34)30(25)19-10-12-20(35-2)13-11-19/h4-15,25,33H,1-3H3. The third-order valence-corrected chi connectivity index (χ3v) is 6.19. The minimum atomic E-state index is -1.05. The molecule has 5 rings (SSSR count). The van der Waals surface area contributed by atoms with E-state index in [0.717, 1.165) is 0 Å². The minimum Gasteiger partial charge on any atom is -0.503 e. The Kier molecular flexibility index (Phi) is 6.34. The van der Waals surface area contributed by atoms with E-state index in [1.807, 2.05) is 0 Å². The number of aliphatic hydroxyl groups excluding tert-OH is 1. The van der Waals surface area contributed by atoms with Gasteiger partial charge in [-0.1, -0.05) is 24.3 Å². The number of hydrogen-bond acceptors (Lipinski definition) is 8. The molecule has 3 aromatic carbocycles. The third-order valence-electron chi connectivity index (χ3n) is 6.19. The summed E-state index contributed by atoms with van der Waals surface area (Å²) in [5, 5.41) is 11.7. The number of amides is 1. The lowest BCUT2D eigenvalue weighted by Gasteiger charge is -2.27. The van der Waals surface area contributed by atoms with Crippen LogP contribution in [0.4, 0.5) is 5.69 Å². The van der Waals surface area contributed by atoms with Crippen LogP contribution in [-0.2, 0) is 9.59 Å². The van der Waals surface area contributed by atoms with Crippen molar-refractivity contribution in [3.05, 3.63) is 95.5 Å². The molecule has 1 aliphatic heterocycles. The smallest absolute Gasteiger partial charge is 0.308 e. The summed E-state index contributed by atoms with van der Waals surface area (Å²) in [7, 11) is 3.01. The molecule has 2 heterocycles. The van der Waals surface area contributed by atoms with Gasteiger partial charge in [0, 0.05) is 18.0 Å². The van der Waals surface area contributed by atoms with Gasteiger partial charge in [-0.05, 0) is 54.1 Å². The van der Waals surface area contributed by atoms with E-state index in [1.165, 1.54) is 32.1 Å². The van der Waals surface area contributed by atoms with Gasteiger partial charge in [0.25, 0.3) is 5.91 Å². The van der Waals surface area contributed by atoms with Gasteiger partial charge in [0.2, 0.25) is 5.78 Å². The maximum atomic E-state index is 13.9. The molecule has 0 spiro atoms. The number of methoxy groups -OCH3 is 2. The molecule has 9 heteroatoms. The number of para-hydroxylation sites is 1. The molecule has 1 N–H and O–H groups in total. The second-order valence-electron chi connectivity index (χ2n) is 8.52. The molecule has 0 saturated carbocycles. The lowest BCUT2D eigenvalue weighted by molar-refractivity contribution is -0.131. The monoisotopic (exact) mass is 513 g/mol. The van der Waals surface area contributed by atoms with Crippen LogP contribution in [0.3, 0.4) is 0 Å². The fourth-order valence-corrected chi connectivity index (χ4v) is 4.52. The average molecular weight is 514 g/mol. The Morgan fingerprint density at radius 3 is 2.34 bits per heavy atom. The van der Waals surface area contributed by atoms with Crippen molar-refractivity contribution in [1.82, 2.24) is 0 Å². The molecule has 0 fully saturated rings. The average Bonchev–Trinajstić information content (AvgIpc) is 3.47. The van der Waals surface area contributed by atoms with E-state index in [9.17, 15) is 19.5 Å². The zero-order chi connectivity index (χ0) is 27.0. The van der Waals surface area contributed by atoms with Crippen molar-refractivity contribution in [1.29, 1.82) is 0 Å². The van der Waals surface area contributed by atoms with Crippen molar-refractivity contribution >= 4 is 34.3 Å². The van der Waals surface area contributed by atoms with Gasteiger partial charge >= 0.3 is 5.97 Å². The number of rotatable bonds is 7. The van der Waals surface area contributed by atoms with Gasteiger partial charge in [-0.25, -0.2) is 0 Å². The number of carbonyl (C=O) groups excluding carboxylic acids is 3. The van der Waals surface area contributed by atoms with Gasteiger partial charge in [-0.3, -0.25) is 19.3 Å². The number of aliphatic hydroxyl groups is 1. The summed E-state index contributed by atoms with van der Waals surface area (Å²) in [5.74, 6) is -1.52. The SMILES string of the molecule is COc1ccc(N2C(=O)C(O)=C(C(=O)c3cc4cccc(OC)c4o3)C2c2cccc(OC(C)=O)c2)cc1. The first-order valence-corrected chi connectivity index (χ1v) is 11.6. The van der Waals surface area contributed by atoms with Crippen LogP contribution in [0, 0.1) is 0 Å². The quantitative estimate of drug-likeness (QED) is 0.205. The highest BCUT2D eigenvalue weighted by Crippen LogP contribution is 2.43. The molecule has 0 bridgehead atoms. The molecule has 1 unspecified atom stereocenters. The summed E-state index contributed by atoms with van der Waals surface area (Å²) in [6.45, 7) is 1.27. The zero-order valence-corrected chi connectivity index (χ0v) is 20.8. The van der Waals surface area contributed by atoms with Crippen LogP contribution < -0.4 is 19.1 Å². The van der Waals surface area contributed by atoms with Crippen LogP contribution in [0.5, 0.6) is 17.2 Å². The largest absolute Gasteiger partial charge is 0.503 e. The number of fused-ring (bicyclic) bond motifs is 1. The first-order valence-electron chi connectivity index (χ1n) is 11.6. The zero-order valence-electron chi connectivity index (χ0n) is 20.8. The highest BCUT2D eigenvalue weighted by atomic mass is 16.5. The van der Waals surface area contributed by atoms with Crippen molar-refractivity contribution in [2.75, 3.05) is 19.1 Å². The molecule has 1 aromatic heterocycles. The Bertz CT molecular complexity index is 1600. The van der Waals surface area contributed by atoms with Gasteiger partial charge in [0.1, 0.15) is 11.5 Å². The summed E-state index contributed by atoms with van der Waals surface area (Å²) < 4.78 is 21.6. The lowest BCUT2D eigenvalue weighted by atomic mass is 9.94. The summed E-state index contributed by atoms with van der Waals surface area (Å²) in [6, 6.07) is 18.8. The summed E-state index contributed by atoms with van der Waals surface area (Å²) in [5.41, 5.74) is 1.04. The molecular formula is C29H23NO8. The van der Waals surface area contributed by atoms with Gasteiger partial charge in [0.15, 0.2) is 22.9 Å². The Hall–Kier alpha value is -5.05. The molecule has 38 heavy (non-hydrogen) atoms. The van der Waals surface area contributed by atoms with Crippen molar-refractivity contribution in [2.24, 2.45) is 0 Å². The lowest BCUT2D eigenvalue weighted by Crippen LogP contribution is -2.31. The van der Waals surface area contributed by atoms with Gasteiger partial charge in [-0.2, -0.15) is 0 Å². The topological polar surface area (TPSA) is 116 Å². The van der Waals surface area contributed by atoms with E-state index in [4.69, 9.17) is 18.6 Å². The highest BCUT2D eigenvalue weighted by molar-refractivity contribution is 6.20. The van der Waals surface area contributed by atoms with E-state index in [1.54, 1.807) is 66.7 Å². The maximum Gasteiger partial charge on any atom is 0.308 e. The minimum absolute atomic E-state index is 0.0726. The first-order chi connectivity index (χ1) is 18.3. The second kappa shape index (κ2) is 9.78. The summed E-state index contributed by atoms with van der Waals surface area (Å²) in [4.78, 5) is 40.2. The number of carbonyl (C=O) groups is 3. The van der Waals surface area contributed by atoms with Gasteiger partial charge < -0.3 is 23.7 Å². The molecule has 4 aromatic rings. The molecule has 1 aliphatic rings. The number of furan rings is 1. The number of anilines is 1. The third kappa shape index (κ3) is 4.24. The van der Waals surface area contributed by atoms with Crippen LogP contribution in [0.2, 0.25) is 0 Å². The normalized spacial score (nSPS) is 15.2. The first kappa shape index (κ1) is 24.6. The molecule has 9 nitrogen and oxygen atoms in total. The van der Waals surface area contributed by atoms with Crippen LogP contribution in [0.15, 0.2) is 88.5 Å².